The Hall–Kier alpha value is -1.02. The Bertz CT molecular complexity index is 499. The summed E-state index contributed by atoms with van der Waals surface area (Å²) in [4.78, 5) is 0. The standard InChI is InChI=1S/C19H27NO/c1-2-10-19(11-3-1)14-16(9-13-21-19)17-8-4-6-15-7-5-12-20-18(15)17/h4,6,8,16,20H,1-3,5,7,9-14H2. The van der Waals surface area contributed by atoms with Crippen LogP contribution in [0.5, 0.6) is 0 Å². The Morgan fingerprint density at radius 2 is 2.00 bits per heavy atom. The molecule has 1 aliphatic carbocycles. The highest BCUT2D eigenvalue weighted by Crippen LogP contribution is 2.46. The molecule has 3 aliphatic rings. The highest BCUT2D eigenvalue weighted by atomic mass is 16.5. The van der Waals surface area contributed by atoms with Crippen molar-refractivity contribution in [1.82, 2.24) is 0 Å². The normalized spacial score (nSPS) is 27.9. The molecule has 2 aliphatic heterocycles. The summed E-state index contributed by atoms with van der Waals surface area (Å²) in [5.41, 5.74) is 4.77. The van der Waals surface area contributed by atoms with Crippen LogP contribution in [-0.4, -0.2) is 18.8 Å². The van der Waals surface area contributed by atoms with Crippen LogP contribution < -0.4 is 5.32 Å². The highest BCUT2D eigenvalue weighted by Gasteiger charge is 2.39. The van der Waals surface area contributed by atoms with E-state index >= 15 is 0 Å². The number of benzene rings is 1. The largest absolute Gasteiger partial charge is 0.385 e. The molecule has 1 spiro atoms. The fourth-order valence-electron chi connectivity index (χ4n) is 4.71. The third kappa shape index (κ3) is 2.59. The number of rotatable bonds is 1. The summed E-state index contributed by atoms with van der Waals surface area (Å²) in [7, 11) is 0. The van der Waals surface area contributed by atoms with E-state index in [1.54, 1.807) is 5.56 Å². The number of ether oxygens (including phenoxy) is 1. The van der Waals surface area contributed by atoms with Gasteiger partial charge in [0, 0.05) is 18.8 Å². The second-order valence-corrected chi connectivity index (χ2v) is 7.19. The van der Waals surface area contributed by atoms with Gasteiger partial charge in [-0.1, -0.05) is 37.5 Å². The molecular formula is C19H27NO. The van der Waals surface area contributed by atoms with Gasteiger partial charge in [-0.3, -0.25) is 0 Å². The van der Waals surface area contributed by atoms with Gasteiger partial charge in [-0.25, -0.2) is 0 Å². The van der Waals surface area contributed by atoms with Crippen molar-refractivity contribution in [2.45, 2.75) is 69.3 Å². The maximum Gasteiger partial charge on any atom is 0.0688 e. The Morgan fingerprint density at radius 1 is 1.10 bits per heavy atom. The lowest BCUT2D eigenvalue weighted by molar-refractivity contribution is -0.106. The Kier molecular flexibility index (Phi) is 3.66. The number of aryl methyl sites for hydroxylation is 1. The van der Waals surface area contributed by atoms with Gasteiger partial charge < -0.3 is 10.1 Å². The van der Waals surface area contributed by atoms with E-state index in [1.165, 1.54) is 69.0 Å². The zero-order chi connectivity index (χ0) is 14.1. The van der Waals surface area contributed by atoms with Crippen molar-refractivity contribution >= 4 is 5.69 Å². The lowest BCUT2D eigenvalue weighted by atomic mass is 9.73. The van der Waals surface area contributed by atoms with Crippen molar-refractivity contribution in [3.05, 3.63) is 29.3 Å². The van der Waals surface area contributed by atoms with Crippen LogP contribution in [0.1, 0.15) is 68.4 Å². The van der Waals surface area contributed by atoms with Crippen molar-refractivity contribution in [1.29, 1.82) is 0 Å². The molecule has 0 bridgehead atoms. The quantitative estimate of drug-likeness (QED) is 0.811. The van der Waals surface area contributed by atoms with Crippen LogP contribution in [0.25, 0.3) is 0 Å². The molecule has 114 valence electrons. The molecular weight excluding hydrogens is 258 g/mol. The third-order valence-corrected chi connectivity index (χ3v) is 5.81. The van der Waals surface area contributed by atoms with Crippen LogP contribution in [0.2, 0.25) is 0 Å². The number of para-hydroxylation sites is 1. The molecule has 1 N–H and O–H groups in total. The first-order chi connectivity index (χ1) is 10.4. The van der Waals surface area contributed by atoms with Gasteiger partial charge in [0.2, 0.25) is 0 Å². The first-order valence-electron chi connectivity index (χ1n) is 8.86. The van der Waals surface area contributed by atoms with Crippen LogP contribution in [0.3, 0.4) is 0 Å². The summed E-state index contributed by atoms with van der Waals surface area (Å²) in [5, 5.41) is 3.68. The average molecular weight is 285 g/mol. The van der Waals surface area contributed by atoms with Gasteiger partial charge in [-0.15, -0.1) is 0 Å². The van der Waals surface area contributed by atoms with Gasteiger partial charge in [0.15, 0.2) is 0 Å². The summed E-state index contributed by atoms with van der Waals surface area (Å²) in [6.45, 7) is 2.09. The van der Waals surface area contributed by atoms with Gasteiger partial charge >= 0.3 is 0 Å². The zero-order valence-corrected chi connectivity index (χ0v) is 13.0. The minimum atomic E-state index is 0.207. The molecule has 0 amide bonds. The summed E-state index contributed by atoms with van der Waals surface area (Å²) in [5.74, 6) is 0.692. The van der Waals surface area contributed by atoms with Gasteiger partial charge in [0.25, 0.3) is 0 Å². The van der Waals surface area contributed by atoms with E-state index < -0.39 is 0 Å². The van der Waals surface area contributed by atoms with E-state index in [-0.39, 0.29) is 5.60 Å². The van der Waals surface area contributed by atoms with Crippen LogP contribution in [0.4, 0.5) is 5.69 Å². The first-order valence-corrected chi connectivity index (χ1v) is 8.86. The molecule has 1 saturated heterocycles. The molecule has 2 heterocycles. The molecule has 1 atom stereocenters. The Labute approximate surface area is 128 Å². The predicted octanol–water partition coefficient (Wildman–Crippen LogP) is 4.64. The number of fused-ring (bicyclic) bond motifs is 1. The maximum absolute atomic E-state index is 6.28. The summed E-state index contributed by atoms with van der Waals surface area (Å²) in [6.07, 6.45) is 11.6. The molecule has 2 fully saturated rings. The van der Waals surface area contributed by atoms with Crippen LogP contribution in [0.15, 0.2) is 18.2 Å². The maximum atomic E-state index is 6.28. The fourth-order valence-corrected chi connectivity index (χ4v) is 4.71. The molecule has 1 aromatic carbocycles. The van der Waals surface area contributed by atoms with E-state index in [0.717, 1.165) is 13.2 Å². The Morgan fingerprint density at radius 3 is 2.90 bits per heavy atom. The summed E-state index contributed by atoms with van der Waals surface area (Å²) in [6, 6.07) is 6.94. The molecule has 21 heavy (non-hydrogen) atoms. The average Bonchev–Trinajstić information content (AvgIpc) is 2.55. The summed E-state index contributed by atoms with van der Waals surface area (Å²) >= 11 is 0. The zero-order valence-electron chi connectivity index (χ0n) is 13.0. The third-order valence-electron chi connectivity index (χ3n) is 5.81. The molecule has 1 saturated carbocycles. The monoisotopic (exact) mass is 285 g/mol. The van der Waals surface area contributed by atoms with Crippen LogP contribution in [0, 0.1) is 0 Å². The van der Waals surface area contributed by atoms with E-state index in [0.29, 0.717) is 5.92 Å². The van der Waals surface area contributed by atoms with Gasteiger partial charge in [0.1, 0.15) is 0 Å². The van der Waals surface area contributed by atoms with Crippen LogP contribution >= 0.6 is 0 Å². The summed E-state index contributed by atoms with van der Waals surface area (Å²) < 4.78 is 6.28. The molecule has 4 rings (SSSR count). The Balaban J connectivity index is 1.61. The lowest BCUT2D eigenvalue weighted by Gasteiger charge is -2.44. The van der Waals surface area contributed by atoms with Gasteiger partial charge in [-0.2, -0.15) is 0 Å². The number of hydrogen-bond donors (Lipinski definition) is 1. The molecule has 1 unspecified atom stereocenters. The van der Waals surface area contributed by atoms with E-state index in [1.807, 2.05) is 0 Å². The predicted molar refractivity (Wildman–Crippen MR) is 87.0 cm³/mol. The number of nitrogens with one attached hydrogen (secondary N) is 1. The highest BCUT2D eigenvalue weighted by molar-refractivity contribution is 5.60. The van der Waals surface area contributed by atoms with Crippen molar-refractivity contribution < 1.29 is 4.74 Å². The lowest BCUT2D eigenvalue weighted by Crippen LogP contribution is -2.41. The van der Waals surface area contributed by atoms with Crippen LogP contribution in [-0.2, 0) is 11.2 Å². The second-order valence-electron chi connectivity index (χ2n) is 7.19. The molecule has 1 aromatic rings. The van der Waals surface area contributed by atoms with Crippen molar-refractivity contribution in [2.24, 2.45) is 0 Å². The van der Waals surface area contributed by atoms with Gasteiger partial charge in [-0.05, 0) is 55.6 Å². The second kappa shape index (κ2) is 5.64. The topological polar surface area (TPSA) is 21.3 Å². The van der Waals surface area contributed by atoms with E-state index in [2.05, 4.69) is 23.5 Å². The smallest absolute Gasteiger partial charge is 0.0688 e. The van der Waals surface area contributed by atoms with Crippen molar-refractivity contribution in [3.63, 3.8) is 0 Å². The van der Waals surface area contributed by atoms with Gasteiger partial charge in [0.05, 0.1) is 5.60 Å². The fraction of sp³-hybridized carbons (Fsp3) is 0.684. The van der Waals surface area contributed by atoms with E-state index in [4.69, 9.17) is 4.74 Å². The molecule has 0 radical (unpaired) electrons. The van der Waals surface area contributed by atoms with E-state index in [9.17, 15) is 0 Å². The first kappa shape index (κ1) is 13.6. The SMILES string of the molecule is c1cc2c(c(C3CCOC4(CCCCC4)C3)c1)NCCC2. The molecule has 0 aromatic heterocycles. The van der Waals surface area contributed by atoms with Crippen molar-refractivity contribution in [2.75, 3.05) is 18.5 Å². The molecule has 2 heteroatoms. The molecule has 2 nitrogen and oxygen atoms in total. The van der Waals surface area contributed by atoms with Crippen molar-refractivity contribution in [3.8, 4) is 0 Å². The number of anilines is 1. The number of hydrogen-bond acceptors (Lipinski definition) is 2. The minimum Gasteiger partial charge on any atom is -0.385 e. The minimum absolute atomic E-state index is 0.207.